The molecule has 0 spiro atoms. The van der Waals surface area contributed by atoms with Crippen LogP contribution < -0.4 is 5.32 Å². The Morgan fingerprint density at radius 3 is 2.85 bits per heavy atom. The number of aryl methyl sites for hydroxylation is 1. The standard InChI is InChI=1S/C18H21N7OS/c1-24-8-7-20-16(24)15-10-19-6-9-25(15)17(26)14-4-2-13(3-5-14)11-27-18-21-12-22-23-18/h2-5,7-8,12,15,19H,6,9-11H2,1H3,(H,21,22,23). The zero-order valence-corrected chi connectivity index (χ0v) is 15.8. The predicted molar refractivity (Wildman–Crippen MR) is 102 cm³/mol. The largest absolute Gasteiger partial charge is 0.336 e. The van der Waals surface area contributed by atoms with Gasteiger partial charge in [-0.15, -0.1) is 0 Å². The van der Waals surface area contributed by atoms with E-state index in [0.717, 1.165) is 28.8 Å². The first-order valence-electron chi connectivity index (χ1n) is 8.78. The number of hydrogen-bond acceptors (Lipinski definition) is 6. The van der Waals surface area contributed by atoms with Crippen molar-refractivity contribution in [2.75, 3.05) is 19.6 Å². The summed E-state index contributed by atoms with van der Waals surface area (Å²) in [6, 6.07) is 7.73. The molecule has 3 aromatic rings. The second kappa shape index (κ2) is 7.93. The Morgan fingerprint density at radius 2 is 2.15 bits per heavy atom. The molecule has 1 saturated heterocycles. The average Bonchev–Trinajstić information content (AvgIpc) is 3.38. The number of carbonyl (C=O) groups is 1. The number of thioether (sulfide) groups is 1. The van der Waals surface area contributed by atoms with Gasteiger partial charge >= 0.3 is 0 Å². The van der Waals surface area contributed by atoms with Gasteiger partial charge in [-0.3, -0.25) is 9.89 Å². The molecule has 2 aromatic heterocycles. The molecule has 0 bridgehead atoms. The Morgan fingerprint density at radius 1 is 1.30 bits per heavy atom. The van der Waals surface area contributed by atoms with E-state index in [2.05, 4.69) is 25.5 Å². The molecule has 27 heavy (non-hydrogen) atoms. The summed E-state index contributed by atoms with van der Waals surface area (Å²) in [5.74, 6) is 1.71. The van der Waals surface area contributed by atoms with Gasteiger partial charge in [-0.2, -0.15) is 5.10 Å². The van der Waals surface area contributed by atoms with Gasteiger partial charge < -0.3 is 14.8 Å². The summed E-state index contributed by atoms with van der Waals surface area (Å²) in [5, 5.41) is 10.8. The number of aromatic nitrogens is 5. The number of nitrogens with one attached hydrogen (secondary N) is 2. The molecule has 3 heterocycles. The lowest BCUT2D eigenvalue weighted by Gasteiger charge is -2.35. The van der Waals surface area contributed by atoms with Gasteiger partial charge in [0, 0.05) is 50.4 Å². The summed E-state index contributed by atoms with van der Waals surface area (Å²) in [6.07, 6.45) is 5.18. The first kappa shape index (κ1) is 17.7. The zero-order valence-electron chi connectivity index (χ0n) is 15.0. The van der Waals surface area contributed by atoms with Gasteiger partial charge in [0.25, 0.3) is 5.91 Å². The van der Waals surface area contributed by atoms with Crippen LogP contribution in [0.4, 0.5) is 0 Å². The van der Waals surface area contributed by atoms with Crippen LogP contribution in [-0.2, 0) is 12.8 Å². The topological polar surface area (TPSA) is 91.7 Å². The predicted octanol–water partition coefficient (Wildman–Crippen LogP) is 1.62. The number of hydrogen-bond donors (Lipinski definition) is 2. The summed E-state index contributed by atoms with van der Waals surface area (Å²) < 4.78 is 1.97. The maximum absolute atomic E-state index is 13.1. The summed E-state index contributed by atoms with van der Waals surface area (Å²) in [6.45, 7) is 2.17. The molecule has 0 radical (unpaired) electrons. The third-order valence-electron chi connectivity index (χ3n) is 4.63. The van der Waals surface area contributed by atoms with Crippen LogP contribution in [0.3, 0.4) is 0 Å². The minimum atomic E-state index is -0.0621. The third kappa shape index (κ3) is 3.88. The smallest absolute Gasteiger partial charge is 0.254 e. The van der Waals surface area contributed by atoms with E-state index < -0.39 is 0 Å². The lowest BCUT2D eigenvalue weighted by atomic mass is 10.1. The Kier molecular flexibility index (Phi) is 5.21. The molecule has 1 fully saturated rings. The second-order valence-corrected chi connectivity index (χ2v) is 7.36. The first-order chi connectivity index (χ1) is 13.2. The highest BCUT2D eigenvalue weighted by Crippen LogP contribution is 2.24. The van der Waals surface area contributed by atoms with Crippen molar-refractivity contribution in [1.29, 1.82) is 0 Å². The molecule has 1 aromatic carbocycles. The molecule has 8 nitrogen and oxygen atoms in total. The van der Waals surface area contributed by atoms with E-state index in [1.165, 1.54) is 6.33 Å². The van der Waals surface area contributed by atoms with Crippen LogP contribution >= 0.6 is 11.8 Å². The molecular formula is C18H21N7OS. The summed E-state index contributed by atoms with van der Waals surface area (Å²) in [7, 11) is 1.96. The van der Waals surface area contributed by atoms with Crippen molar-refractivity contribution in [2.24, 2.45) is 7.05 Å². The fraction of sp³-hybridized carbons (Fsp3) is 0.333. The van der Waals surface area contributed by atoms with Gasteiger partial charge in [0.05, 0.1) is 0 Å². The first-order valence-corrected chi connectivity index (χ1v) is 9.77. The highest BCUT2D eigenvalue weighted by Gasteiger charge is 2.30. The molecule has 1 aliphatic rings. The van der Waals surface area contributed by atoms with Crippen LogP contribution in [0.25, 0.3) is 0 Å². The van der Waals surface area contributed by atoms with E-state index in [9.17, 15) is 4.79 Å². The van der Waals surface area contributed by atoms with Crippen LogP contribution in [-0.4, -0.2) is 55.2 Å². The molecule has 9 heteroatoms. The van der Waals surface area contributed by atoms with Gasteiger partial charge in [-0.1, -0.05) is 23.9 Å². The van der Waals surface area contributed by atoms with Crippen LogP contribution in [0.1, 0.15) is 27.8 Å². The van der Waals surface area contributed by atoms with E-state index in [1.54, 1.807) is 18.0 Å². The number of aromatic amines is 1. The van der Waals surface area contributed by atoms with Gasteiger partial charge in [0.15, 0.2) is 5.16 Å². The summed E-state index contributed by atoms with van der Waals surface area (Å²) in [5.41, 5.74) is 1.83. The average molecular weight is 383 g/mol. The normalized spacial score (nSPS) is 17.2. The van der Waals surface area contributed by atoms with E-state index >= 15 is 0 Å². The Balaban J connectivity index is 1.46. The fourth-order valence-corrected chi connectivity index (χ4v) is 3.94. The van der Waals surface area contributed by atoms with Crippen molar-refractivity contribution in [3.63, 3.8) is 0 Å². The van der Waals surface area contributed by atoms with E-state index in [-0.39, 0.29) is 11.9 Å². The number of amides is 1. The van der Waals surface area contributed by atoms with E-state index in [1.807, 2.05) is 47.0 Å². The van der Waals surface area contributed by atoms with Crippen molar-refractivity contribution in [3.8, 4) is 0 Å². The molecule has 4 rings (SSSR count). The molecule has 1 amide bonds. The monoisotopic (exact) mass is 383 g/mol. The summed E-state index contributed by atoms with van der Waals surface area (Å²) in [4.78, 5) is 23.6. The minimum Gasteiger partial charge on any atom is -0.336 e. The molecule has 1 unspecified atom stereocenters. The van der Waals surface area contributed by atoms with Crippen molar-refractivity contribution >= 4 is 17.7 Å². The van der Waals surface area contributed by atoms with Gasteiger partial charge in [0.2, 0.25) is 0 Å². The maximum atomic E-state index is 13.1. The lowest BCUT2D eigenvalue weighted by Crippen LogP contribution is -2.49. The van der Waals surface area contributed by atoms with Gasteiger partial charge in [-0.25, -0.2) is 9.97 Å². The molecule has 0 aliphatic carbocycles. The van der Waals surface area contributed by atoms with Gasteiger partial charge in [-0.05, 0) is 17.7 Å². The zero-order chi connectivity index (χ0) is 18.6. The highest BCUT2D eigenvalue weighted by atomic mass is 32.2. The minimum absolute atomic E-state index is 0.0407. The van der Waals surface area contributed by atoms with E-state index in [0.29, 0.717) is 18.7 Å². The third-order valence-corrected chi connectivity index (χ3v) is 5.58. The summed E-state index contributed by atoms with van der Waals surface area (Å²) >= 11 is 1.58. The molecule has 0 saturated carbocycles. The number of carbonyl (C=O) groups excluding carboxylic acids is 1. The number of H-pyrrole nitrogens is 1. The lowest BCUT2D eigenvalue weighted by molar-refractivity contribution is 0.0621. The van der Waals surface area contributed by atoms with Crippen LogP contribution in [0, 0.1) is 0 Å². The Bertz CT molecular complexity index is 891. The molecule has 1 aliphatic heterocycles. The Labute approximate surface area is 161 Å². The second-order valence-electron chi connectivity index (χ2n) is 6.39. The SMILES string of the molecule is Cn1ccnc1C1CNCCN1C(=O)c1ccc(CSc2ncn[nH]2)cc1. The van der Waals surface area contributed by atoms with Crippen molar-refractivity contribution in [3.05, 3.63) is 59.9 Å². The Hall–Kier alpha value is -2.65. The number of rotatable bonds is 5. The molecule has 2 N–H and O–H groups in total. The number of benzene rings is 1. The fourth-order valence-electron chi connectivity index (χ4n) is 3.20. The van der Waals surface area contributed by atoms with E-state index in [4.69, 9.17) is 0 Å². The quantitative estimate of drug-likeness (QED) is 0.651. The van der Waals surface area contributed by atoms with Crippen molar-refractivity contribution < 1.29 is 4.79 Å². The number of piperazine rings is 1. The maximum Gasteiger partial charge on any atom is 0.254 e. The number of nitrogens with zero attached hydrogens (tertiary/aromatic N) is 5. The molecular weight excluding hydrogens is 362 g/mol. The molecule has 1 atom stereocenters. The van der Waals surface area contributed by atoms with Crippen molar-refractivity contribution in [2.45, 2.75) is 17.0 Å². The van der Waals surface area contributed by atoms with Crippen LogP contribution in [0.5, 0.6) is 0 Å². The van der Waals surface area contributed by atoms with Crippen LogP contribution in [0.2, 0.25) is 0 Å². The van der Waals surface area contributed by atoms with Crippen LogP contribution in [0.15, 0.2) is 48.1 Å². The molecule has 140 valence electrons. The number of imidazole rings is 1. The van der Waals surface area contributed by atoms with Crippen molar-refractivity contribution in [1.82, 2.24) is 34.9 Å². The highest BCUT2D eigenvalue weighted by molar-refractivity contribution is 7.98. The van der Waals surface area contributed by atoms with Gasteiger partial charge in [0.1, 0.15) is 18.2 Å².